The summed E-state index contributed by atoms with van der Waals surface area (Å²) in [7, 11) is 0. The Bertz CT molecular complexity index is 106. The van der Waals surface area contributed by atoms with Crippen molar-refractivity contribution in [1.29, 1.82) is 0 Å². The molecular weight excluding hydrogens is 138 g/mol. The van der Waals surface area contributed by atoms with E-state index in [0.717, 1.165) is 19.0 Å². The Balaban J connectivity index is 2.17. The summed E-state index contributed by atoms with van der Waals surface area (Å²) in [6.07, 6.45) is 2.91. The zero-order valence-electron chi connectivity index (χ0n) is 7.84. The summed E-state index contributed by atoms with van der Waals surface area (Å²) in [5, 5.41) is 2.10. The lowest BCUT2D eigenvalue weighted by molar-refractivity contribution is -0.199. The average Bonchev–Trinajstić information content (AvgIpc) is 1.93. The van der Waals surface area contributed by atoms with Crippen LogP contribution in [0, 0.1) is 5.92 Å². The Morgan fingerprint density at radius 2 is 1.82 bits per heavy atom. The van der Waals surface area contributed by atoms with Crippen LogP contribution < -0.4 is 0 Å². The highest BCUT2D eigenvalue weighted by Crippen LogP contribution is 2.16. The third-order valence-corrected chi connectivity index (χ3v) is 2.10. The minimum Gasteiger partial charge on any atom is -0.296 e. The molecule has 0 aromatic rings. The highest BCUT2D eigenvalue weighted by Gasteiger charge is 2.16. The molecule has 2 heteroatoms. The zero-order valence-corrected chi connectivity index (χ0v) is 7.84. The van der Waals surface area contributed by atoms with Crippen LogP contribution >= 0.6 is 0 Å². The molecule has 0 radical (unpaired) electrons. The van der Waals surface area contributed by atoms with Crippen molar-refractivity contribution in [2.24, 2.45) is 5.92 Å². The Morgan fingerprint density at radius 3 is 2.27 bits per heavy atom. The third-order valence-electron chi connectivity index (χ3n) is 2.10. The SMILES string of the molecule is CC1CCN(OC(C)C)CC1. The molecule has 1 fully saturated rings. The Morgan fingerprint density at radius 1 is 1.27 bits per heavy atom. The maximum absolute atomic E-state index is 5.57. The first kappa shape index (κ1) is 9.01. The lowest BCUT2D eigenvalue weighted by atomic mass is 10.0. The van der Waals surface area contributed by atoms with Crippen LogP contribution in [0.5, 0.6) is 0 Å². The van der Waals surface area contributed by atoms with Crippen LogP contribution in [0.4, 0.5) is 0 Å². The summed E-state index contributed by atoms with van der Waals surface area (Å²) in [5.74, 6) is 0.891. The highest BCUT2D eigenvalue weighted by molar-refractivity contribution is 4.63. The molecule has 0 saturated carbocycles. The van der Waals surface area contributed by atoms with E-state index in [2.05, 4.69) is 25.8 Å². The predicted octanol–water partition coefficient (Wildman–Crippen LogP) is 2.06. The van der Waals surface area contributed by atoms with E-state index in [-0.39, 0.29) is 0 Å². The van der Waals surface area contributed by atoms with Gasteiger partial charge in [-0.25, -0.2) is 0 Å². The fourth-order valence-corrected chi connectivity index (χ4v) is 1.39. The molecular formula is C9H19NO. The van der Waals surface area contributed by atoms with E-state index in [0.29, 0.717) is 6.10 Å². The van der Waals surface area contributed by atoms with Gasteiger partial charge in [0.25, 0.3) is 0 Å². The second kappa shape index (κ2) is 4.07. The van der Waals surface area contributed by atoms with Crippen molar-refractivity contribution in [1.82, 2.24) is 5.06 Å². The van der Waals surface area contributed by atoms with E-state index in [1.54, 1.807) is 0 Å². The lowest BCUT2D eigenvalue weighted by Crippen LogP contribution is -2.34. The topological polar surface area (TPSA) is 12.5 Å². The fourth-order valence-electron chi connectivity index (χ4n) is 1.39. The van der Waals surface area contributed by atoms with Crippen LogP contribution in [0.3, 0.4) is 0 Å². The number of hydrogen-bond donors (Lipinski definition) is 0. The second-order valence-corrected chi connectivity index (χ2v) is 3.77. The van der Waals surface area contributed by atoms with Crippen LogP contribution in [0.2, 0.25) is 0 Å². The molecule has 0 aromatic heterocycles. The molecule has 66 valence electrons. The van der Waals surface area contributed by atoms with E-state index in [1.807, 2.05) is 0 Å². The Labute approximate surface area is 69.5 Å². The van der Waals surface area contributed by atoms with Gasteiger partial charge in [-0.05, 0) is 32.6 Å². The van der Waals surface area contributed by atoms with Crippen molar-refractivity contribution in [3.63, 3.8) is 0 Å². The second-order valence-electron chi connectivity index (χ2n) is 3.77. The molecule has 0 N–H and O–H groups in total. The summed E-state index contributed by atoms with van der Waals surface area (Å²) in [4.78, 5) is 5.57. The van der Waals surface area contributed by atoms with Crippen LogP contribution in [-0.4, -0.2) is 24.3 Å². The standard InChI is InChI=1S/C9H19NO/c1-8(2)11-10-6-4-9(3)5-7-10/h8-9H,4-7H2,1-3H3. The molecule has 1 aliphatic heterocycles. The quantitative estimate of drug-likeness (QED) is 0.608. The van der Waals surface area contributed by atoms with Gasteiger partial charge in [-0.2, -0.15) is 5.06 Å². The summed E-state index contributed by atoms with van der Waals surface area (Å²) in [5.41, 5.74) is 0. The Kier molecular flexibility index (Phi) is 3.34. The molecule has 0 spiro atoms. The third kappa shape index (κ3) is 3.21. The van der Waals surface area contributed by atoms with Crippen LogP contribution in [-0.2, 0) is 4.84 Å². The van der Waals surface area contributed by atoms with Gasteiger partial charge in [0.1, 0.15) is 0 Å². The summed E-state index contributed by atoms with van der Waals surface area (Å²) in [6, 6.07) is 0. The first-order chi connectivity index (χ1) is 5.18. The molecule has 2 nitrogen and oxygen atoms in total. The first-order valence-electron chi connectivity index (χ1n) is 4.60. The van der Waals surface area contributed by atoms with E-state index >= 15 is 0 Å². The molecule has 0 aromatic carbocycles. The molecule has 0 bridgehead atoms. The molecule has 11 heavy (non-hydrogen) atoms. The van der Waals surface area contributed by atoms with Crippen molar-refractivity contribution in [3.8, 4) is 0 Å². The maximum atomic E-state index is 5.57. The molecule has 1 saturated heterocycles. The predicted molar refractivity (Wildman–Crippen MR) is 46.2 cm³/mol. The lowest BCUT2D eigenvalue weighted by Gasteiger charge is -2.30. The van der Waals surface area contributed by atoms with Crippen molar-refractivity contribution in [2.45, 2.75) is 39.7 Å². The monoisotopic (exact) mass is 157 g/mol. The molecule has 1 rings (SSSR count). The van der Waals surface area contributed by atoms with Gasteiger partial charge in [0.15, 0.2) is 0 Å². The number of nitrogens with zero attached hydrogens (tertiary/aromatic N) is 1. The van der Waals surface area contributed by atoms with E-state index in [1.165, 1.54) is 12.8 Å². The molecule has 0 amide bonds. The Hall–Kier alpha value is -0.0800. The van der Waals surface area contributed by atoms with Gasteiger partial charge in [0.2, 0.25) is 0 Å². The van der Waals surface area contributed by atoms with Crippen molar-refractivity contribution >= 4 is 0 Å². The molecule has 0 unspecified atom stereocenters. The maximum Gasteiger partial charge on any atom is 0.0737 e. The van der Waals surface area contributed by atoms with Gasteiger partial charge in [0, 0.05) is 13.1 Å². The summed E-state index contributed by atoms with van der Waals surface area (Å²) >= 11 is 0. The highest BCUT2D eigenvalue weighted by atomic mass is 16.7. The van der Waals surface area contributed by atoms with Crippen molar-refractivity contribution in [2.75, 3.05) is 13.1 Å². The van der Waals surface area contributed by atoms with E-state index in [9.17, 15) is 0 Å². The van der Waals surface area contributed by atoms with Crippen LogP contribution in [0.1, 0.15) is 33.6 Å². The van der Waals surface area contributed by atoms with Gasteiger partial charge in [-0.15, -0.1) is 0 Å². The number of piperidine rings is 1. The molecule has 1 aliphatic rings. The number of hydroxylamine groups is 2. The largest absolute Gasteiger partial charge is 0.296 e. The minimum atomic E-state index is 0.336. The zero-order chi connectivity index (χ0) is 8.27. The van der Waals surface area contributed by atoms with Gasteiger partial charge >= 0.3 is 0 Å². The molecule has 0 aliphatic carbocycles. The number of hydrogen-bond acceptors (Lipinski definition) is 2. The molecule has 0 atom stereocenters. The van der Waals surface area contributed by atoms with Gasteiger partial charge in [0.05, 0.1) is 6.10 Å². The number of rotatable bonds is 2. The van der Waals surface area contributed by atoms with Crippen molar-refractivity contribution < 1.29 is 4.84 Å². The first-order valence-corrected chi connectivity index (χ1v) is 4.60. The van der Waals surface area contributed by atoms with Crippen LogP contribution in [0.15, 0.2) is 0 Å². The smallest absolute Gasteiger partial charge is 0.0737 e. The summed E-state index contributed by atoms with van der Waals surface area (Å²) < 4.78 is 0. The van der Waals surface area contributed by atoms with Gasteiger partial charge in [-0.3, -0.25) is 4.84 Å². The average molecular weight is 157 g/mol. The van der Waals surface area contributed by atoms with E-state index in [4.69, 9.17) is 4.84 Å². The van der Waals surface area contributed by atoms with Crippen LogP contribution in [0.25, 0.3) is 0 Å². The fraction of sp³-hybridized carbons (Fsp3) is 1.00. The van der Waals surface area contributed by atoms with Gasteiger partial charge < -0.3 is 0 Å². The van der Waals surface area contributed by atoms with E-state index < -0.39 is 0 Å². The van der Waals surface area contributed by atoms with Gasteiger partial charge in [-0.1, -0.05) is 6.92 Å². The van der Waals surface area contributed by atoms with Crippen molar-refractivity contribution in [3.05, 3.63) is 0 Å². The normalized spacial score (nSPS) is 22.9. The minimum absolute atomic E-state index is 0.336. The molecule has 1 heterocycles. The summed E-state index contributed by atoms with van der Waals surface area (Å²) in [6.45, 7) is 8.70.